The molecule has 3 aromatic rings. The highest BCUT2D eigenvalue weighted by atomic mass is 16.3. The van der Waals surface area contributed by atoms with Gasteiger partial charge in [-0.2, -0.15) is 0 Å². The molecule has 24 heavy (non-hydrogen) atoms. The van der Waals surface area contributed by atoms with Crippen molar-refractivity contribution >= 4 is 5.69 Å². The van der Waals surface area contributed by atoms with E-state index < -0.39 is 0 Å². The van der Waals surface area contributed by atoms with E-state index in [1.807, 2.05) is 36.4 Å². The van der Waals surface area contributed by atoms with Crippen LogP contribution < -0.4 is 4.90 Å². The Morgan fingerprint density at radius 3 is 1.54 bits per heavy atom. The van der Waals surface area contributed by atoms with Gasteiger partial charge in [0.25, 0.3) is 0 Å². The number of hydrogen-bond donors (Lipinski definition) is 2. The van der Waals surface area contributed by atoms with Crippen LogP contribution in [-0.2, 0) is 13.1 Å². The molecule has 3 heteroatoms. The van der Waals surface area contributed by atoms with E-state index >= 15 is 0 Å². The maximum absolute atomic E-state index is 10.1. The van der Waals surface area contributed by atoms with Crippen molar-refractivity contribution in [2.75, 3.05) is 4.90 Å². The lowest BCUT2D eigenvalue weighted by atomic mass is 10.1. The van der Waals surface area contributed by atoms with Gasteiger partial charge in [-0.05, 0) is 18.1 Å². The van der Waals surface area contributed by atoms with Gasteiger partial charge >= 0.3 is 0 Å². The van der Waals surface area contributed by atoms with Gasteiger partial charge in [-0.1, -0.05) is 60.7 Å². The van der Waals surface area contributed by atoms with Crippen molar-refractivity contribution in [3.8, 4) is 11.5 Å². The third-order valence-electron chi connectivity index (χ3n) is 4.14. The molecule has 0 spiro atoms. The molecule has 2 N–H and O–H groups in total. The highest BCUT2D eigenvalue weighted by Gasteiger charge is 2.13. The summed E-state index contributed by atoms with van der Waals surface area (Å²) in [6, 6.07) is 23.8. The molecule has 122 valence electrons. The molecule has 3 rings (SSSR count). The molecule has 0 saturated heterocycles. The molecule has 0 heterocycles. The first-order chi connectivity index (χ1) is 11.6. The molecule has 3 aromatic carbocycles. The normalized spacial score (nSPS) is 10.5. The van der Waals surface area contributed by atoms with Crippen molar-refractivity contribution in [3.05, 3.63) is 89.5 Å². The van der Waals surface area contributed by atoms with Crippen LogP contribution in [0.5, 0.6) is 11.5 Å². The number of rotatable bonds is 5. The zero-order valence-corrected chi connectivity index (χ0v) is 13.7. The lowest BCUT2D eigenvalue weighted by Crippen LogP contribution is -2.22. The standard InChI is InChI=1S/C21H21NO2/c1-16-20(23)12-19(13-21(16)24)22(14-17-8-4-2-5-9-17)15-18-10-6-3-7-11-18/h2-13,23-24H,14-15H2,1H3. The SMILES string of the molecule is Cc1c(O)cc(N(Cc2ccccc2)Cc2ccccc2)cc1O. The molecular formula is C21H21NO2. The van der Waals surface area contributed by atoms with Crippen LogP contribution in [0.4, 0.5) is 5.69 Å². The van der Waals surface area contributed by atoms with Gasteiger partial charge < -0.3 is 15.1 Å². The predicted octanol–water partition coefficient (Wildman–Crippen LogP) is 4.61. The van der Waals surface area contributed by atoms with E-state index in [0.717, 1.165) is 5.69 Å². The first-order valence-corrected chi connectivity index (χ1v) is 7.99. The topological polar surface area (TPSA) is 43.7 Å². The van der Waals surface area contributed by atoms with Crippen molar-refractivity contribution in [3.63, 3.8) is 0 Å². The van der Waals surface area contributed by atoms with Crippen molar-refractivity contribution in [1.82, 2.24) is 0 Å². The van der Waals surface area contributed by atoms with Crippen LogP contribution >= 0.6 is 0 Å². The van der Waals surface area contributed by atoms with Crippen molar-refractivity contribution in [2.24, 2.45) is 0 Å². The summed E-state index contributed by atoms with van der Waals surface area (Å²) in [6.45, 7) is 3.09. The molecule has 0 unspecified atom stereocenters. The van der Waals surface area contributed by atoms with Crippen molar-refractivity contribution in [1.29, 1.82) is 0 Å². The zero-order valence-electron chi connectivity index (χ0n) is 13.7. The molecule has 0 aliphatic heterocycles. The second kappa shape index (κ2) is 7.09. The van der Waals surface area contributed by atoms with Gasteiger partial charge in [0.1, 0.15) is 11.5 Å². The summed E-state index contributed by atoms with van der Waals surface area (Å²) in [5.74, 6) is 0.215. The Hall–Kier alpha value is -2.94. The maximum Gasteiger partial charge on any atom is 0.124 e. The third-order valence-corrected chi connectivity index (χ3v) is 4.14. The molecule has 0 amide bonds. The quantitative estimate of drug-likeness (QED) is 0.721. The van der Waals surface area contributed by atoms with E-state index in [1.165, 1.54) is 11.1 Å². The molecule has 0 aliphatic rings. The Bertz CT molecular complexity index is 736. The molecule has 0 aromatic heterocycles. The Labute approximate surface area is 142 Å². The van der Waals surface area contributed by atoms with Crippen LogP contribution in [-0.4, -0.2) is 10.2 Å². The minimum absolute atomic E-state index is 0.108. The zero-order chi connectivity index (χ0) is 16.9. The van der Waals surface area contributed by atoms with E-state index in [9.17, 15) is 10.2 Å². The van der Waals surface area contributed by atoms with Crippen LogP contribution in [0.3, 0.4) is 0 Å². The van der Waals surface area contributed by atoms with Crippen LogP contribution in [0.1, 0.15) is 16.7 Å². The molecule has 0 atom stereocenters. The highest BCUT2D eigenvalue weighted by molar-refractivity contribution is 5.59. The number of nitrogens with zero attached hydrogens (tertiary/aromatic N) is 1. The van der Waals surface area contributed by atoms with E-state index in [4.69, 9.17) is 0 Å². The van der Waals surface area contributed by atoms with Gasteiger partial charge in [0.05, 0.1) is 0 Å². The Morgan fingerprint density at radius 1 is 0.708 bits per heavy atom. The molecule has 0 aliphatic carbocycles. The van der Waals surface area contributed by atoms with Gasteiger partial charge in [-0.15, -0.1) is 0 Å². The summed E-state index contributed by atoms with van der Waals surface area (Å²) in [4.78, 5) is 2.14. The number of phenols is 2. The first kappa shape index (κ1) is 15.9. The highest BCUT2D eigenvalue weighted by Crippen LogP contribution is 2.33. The third kappa shape index (κ3) is 3.69. The molecule has 0 fully saturated rings. The monoisotopic (exact) mass is 319 g/mol. The summed E-state index contributed by atoms with van der Waals surface area (Å²) < 4.78 is 0. The lowest BCUT2D eigenvalue weighted by molar-refractivity contribution is 0.443. The minimum Gasteiger partial charge on any atom is -0.507 e. The van der Waals surface area contributed by atoms with Crippen LogP contribution in [0.25, 0.3) is 0 Å². The smallest absolute Gasteiger partial charge is 0.124 e. The fourth-order valence-corrected chi connectivity index (χ4v) is 2.70. The van der Waals surface area contributed by atoms with E-state index in [1.54, 1.807) is 19.1 Å². The van der Waals surface area contributed by atoms with E-state index in [2.05, 4.69) is 29.2 Å². The Balaban J connectivity index is 1.95. The van der Waals surface area contributed by atoms with Crippen molar-refractivity contribution < 1.29 is 10.2 Å². The fourth-order valence-electron chi connectivity index (χ4n) is 2.70. The molecule has 0 bridgehead atoms. The lowest BCUT2D eigenvalue weighted by Gasteiger charge is -2.26. The average Bonchev–Trinajstić information content (AvgIpc) is 2.60. The predicted molar refractivity (Wildman–Crippen MR) is 97.3 cm³/mol. The second-order valence-electron chi connectivity index (χ2n) is 5.94. The number of benzene rings is 3. The summed E-state index contributed by atoms with van der Waals surface area (Å²) in [7, 11) is 0. The summed E-state index contributed by atoms with van der Waals surface area (Å²) in [5.41, 5.74) is 3.64. The summed E-state index contributed by atoms with van der Waals surface area (Å²) >= 11 is 0. The molecule has 3 nitrogen and oxygen atoms in total. The van der Waals surface area contributed by atoms with Gasteiger partial charge in [0, 0.05) is 36.5 Å². The Kier molecular flexibility index (Phi) is 4.71. The van der Waals surface area contributed by atoms with E-state index in [-0.39, 0.29) is 11.5 Å². The average molecular weight is 319 g/mol. The van der Waals surface area contributed by atoms with Crippen LogP contribution in [0.15, 0.2) is 72.8 Å². The summed E-state index contributed by atoms with van der Waals surface area (Å²) in [5, 5.41) is 20.2. The van der Waals surface area contributed by atoms with Gasteiger partial charge in [-0.3, -0.25) is 0 Å². The molecule has 0 radical (unpaired) electrons. The fraction of sp³-hybridized carbons (Fsp3) is 0.143. The second-order valence-corrected chi connectivity index (χ2v) is 5.94. The van der Waals surface area contributed by atoms with E-state index in [0.29, 0.717) is 18.7 Å². The largest absolute Gasteiger partial charge is 0.507 e. The van der Waals surface area contributed by atoms with Crippen molar-refractivity contribution in [2.45, 2.75) is 20.0 Å². The number of aromatic hydroxyl groups is 2. The minimum atomic E-state index is 0.108. The van der Waals surface area contributed by atoms with Crippen LogP contribution in [0.2, 0.25) is 0 Å². The van der Waals surface area contributed by atoms with Gasteiger partial charge in [0.2, 0.25) is 0 Å². The van der Waals surface area contributed by atoms with Gasteiger partial charge in [0.15, 0.2) is 0 Å². The Morgan fingerprint density at radius 2 is 1.12 bits per heavy atom. The van der Waals surface area contributed by atoms with Crippen LogP contribution in [0, 0.1) is 6.92 Å². The summed E-state index contributed by atoms with van der Waals surface area (Å²) in [6.07, 6.45) is 0. The number of phenolic OH excluding ortho intramolecular Hbond substituents is 2. The number of hydrogen-bond acceptors (Lipinski definition) is 3. The van der Waals surface area contributed by atoms with Gasteiger partial charge in [-0.25, -0.2) is 0 Å². The maximum atomic E-state index is 10.1. The molecule has 0 saturated carbocycles. The molecular weight excluding hydrogens is 298 g/mol. The first-order valence-electron chi connectivity index (χ1n) is 7.99. The number of anilines is 1.